The van der Waals surface area contributed by atoms with E-state index >= 15 is 0 Å². The Morgan fingerprint density at radius 2 is 1.84 bits per heavy atom. The largest absolute Gasteiger partial charge is 0.399 e. The summed E-state index contributed by atoms with van der Waals surface area (Å²) in [7, 11) is 2.06. The molecule has 0 aliphatic carbocycles. The molecule has 1 heterocycles. The van der Waals surface area contributed by atoms with Crippen LogP contribution in [0.15, 0.2) is 42.5 Å². The standard InChI is InChI=1S/C16H17N3/c1-3-11-4-9-14-15(10-11)19(2)16(18-14)12-5-7-13(17)8-6-12/h4-10H,3,17H2,1-2H3. The van der Waals surface area contributed by atoms with Crippen molar-refractivity contribution in [1.29, 1.82) is 0 Å². The molecule has 19 heavy (non-hydrogen) atoms. The number of imidazole rings is 1. The van der Waals surface area contributed by atoms with E-state index in [0.717, 1.165) is 29.0 Å². The highest BCUT2D eigenvalue weighted by Crippen LogP contribution is 2.25. The van der Waals surface area contributed by atoms with E-state index < -0.39 is 0 Å². The summed E-state index contributed by atoms with van der Waals surface area (Å²) in [5.74, 6) is 0.975. The van der Waals surface area contributed by atoms with Crippen molar-refractivity contribution < 1.29 is 0 Å². The third kappa shape index (κ3) is 1.97. The van der Waals surface area contributed by atoms with E-state index in [-0.39, 0.29) is 0 Å². The Balaban J connectivity index is 2.19. The molecule has 0 spiro atoms. The second kappa shape index (κ2) is 4.43. The quantitative estimate of drug-likeness (QED) is 0.709. The molecule has 3 nitrogen and oxygen atoms in total. The summed E-state index contributed by atoms with van der Waals surface area (Å²) in [6.45, 7) is 2.17. The smallest absolute Gasteiger partial charge is 0.140 e. The van der Waals surface area contributed by atoms with E-state index in [9.17, 15) is 0 Å². The van der Waals surface area contributed by atoms with E-state index in [2.05, 4.69) is 36.7 Å². The van der Waals surface area contributed by atoms with Crippen molar-refractivity contribution in [2.75, 3.05) is 5.73 Å². The summed E-state index contributed by atoms with van der Waals surface area (Å²) in [6.07, 6.45) is 1.04. The molecule has 0 saturated heterocycles. The van der Waals surface area contributed by atoms with Crippen LogP contribution in [0.4, 0.5) is 5.69 Å². The molecule has 96 valence electrons. The first-order valence-electron chi connectivity index (χ1n) is 6.50. The van der Waals surface area contributed by atoms with Gasteiger partial charge in [0.1, 0.15) is 5.82 Å². The minimum absolute atomic E-state index is 0.774. The number of nitrogens with zero attached hydrogens (tertiary/aromatic N) is 2. The predicted molar refractivity (Wildman–Crippen MR) is 79.9 cm³/mol. The minimum atomic E-state index is 0.774. The summed E-state index contributed by atoms with van der Waals surface area (Å²) in [5.41, 5.74) is 11.1. The summed E-state index contributed by atoms with van der Waals surface area (Å²) in [6, 6.07) is 14.3. The molecule has 0 atom stereocenters. The van der Waals surface area contributed by atoms with Gasteiger partial charge in [-0.25, -0.2) is 4.98 Å². The van der Waals surface area contributed by atoms with Crippen molar-refractivity contribution in [3.8, 4) is 11.4 Å². The second-order valence-corrected chi connectivity index (χ2v) is 4.79. The molecule has 0 unspecified atom stereocenters. The average Bonchev–Trinajstić information content (AvgIpc) is 2.76. The normalized spacial score (nSPS) is 11.1. The van der Waals surface area contributed by atoms with Gasteiger partial charge in [-0.1, -0.05) is 13.0 Å². The lowest BCUT2D eigenvalue weighted by atomic mass is 10.1. The van der Waals surface area contributed by atoms with E-state index in [1.807, 2.05) is 24.3 Å². The van der Waals surface area contributed by atoms with Gasteiger partial charge in [-0.3, -0.25) is 0 Å². The molecule has 0 aliphatic rings. The van der Waals surface area contributed by atoms with Gasteiger partial charge >= 0.3 is 0 Å². The van der Waals surface area contributed by atoms with Crippen LogP contribution >= 0.6 is 0 Å². The first kappa shape index (κ1) is 11.8. The molecule has 1 aromatic heterocycles. The third-order valence-corrected chi connectivity index (χ3v) is 3.52. The lowest BCUT2D eigenvalue weighted by Crippen LogP contribution is -1.93. The Morgan fingerprint density at radius 1 is 1.11 bits per heavy atom. The maximum absolute atomic E-state index is 5.73. The van der Waals surface area contributed by atoms with Crippen LogP contribution in [0.5, 0.6) is 0 Å². The number of benzene rings is 2. The van der Waals surface area contributed by atoms with Crippen LogP contribution in [0.2, 0.25) is 0 Å². The van der Waals surface area contributed by atoms with Gasteiger partial charge in [-0.05, 0) is 48.4 Å². The van der Waals surface area contributed by atoms with Gasteiger partial charge in [0.25, 0.3) is 0 Å². The highest BCUT2D eigenvalue weighted by Gasteiger charge is 2.09. The SMILES string of the molecule is CCc1ccc2nc(-c3ccc(N)cc3)n(C)c2c1. The van der Waals surface area contributed by atoms with Gasteiger partial charge in [0.15, 0.2) is 0 Å². The molecule has 0 bridgehead atoms. The van der Waals surface area contributed by atoms with E-state index in [1.165, 1.54) is 11.1 Å². The maximum Gasteiger partial charge on any atom is 0.140 e. The summed E-state index contributed by atoms with van der Waals surface area (Å²) >= 11 is 0. The monoisotopic (exact) mass is 251 g/mol. The van der Waals surface area contributed by atoms with E-state index in [1.54, 1.807) is 0 Å². The molecule has 0 aliphatic heterocycles. The predicted octanol–water partition coefficient (Wildman–Crippen LogP) is 3.38. The van der Waals surface area contributed by atoms with E-state index in [0.29, 0.717) is 0 Å². The van der Waals surface area contributed by atoms with Crippen molar-refractivity contribution in [3.05, 3.63) is 48.0 Å². The Hall–Kier alpha value is -2.29. The molecular weight excluding hydrogens is 234 g/mol. The third-order valence-electron chi connectivity index (χ3n) is 3.52. The molecular formula is C16H17N3. The van der Waals surface area contributed by atoms with Gasteiger partial charge in [0, 0.05) is 18.3 Å². The van der Waals surface area contributed by atoms with Crippen LogP contribution in [0.1, 0.15) is 12.5 Å². The van der Waals surface area contributed by atoms with Gasteiger partial charge in [0.05, 0.1) is 11.0 Å². The molecule has 3 rings (SSSR count). The zero-order valence-corrected chi connectivity index (χ0v) is 11.2. The minimum Gasteiger partial charge on any atom is -0.399 e. The second-order valence-electron chi connectivity index (χ2n) is 4.79. The molecule has 0 amide bonds. The first-order chi connectivity index (χ1) is 9.19. The molecule has 2 N–H and O–H groups in total. The van der Waals surface area contributed by atoms with Crippen molar-refractivity contribution in [2.24, 2.45) is 7.05 Å². The maximum atomic E-state index is 5.73. The molecule has 3 heteroatoms. The van der Waals surface area contributed by atoms with Crippen LogP contribution in [-0.2, 0) is 13.5 Å². The Labute approximate surface area is 112 Å². The molecule has 2 aromatic carbocycles. The van der Waals surface area contributed by atoms with Gasteiger partial charge in [-0.2, -0.15) is 0 Å². The average molecular weight is 251 g/mol. The molecule has 0 saturated carbocycles. The number of nitrogens with two attached hydrogens (primary N) is 1. The van der Waals surface area contributed by atoms with Crippen LogP contribution in [-0.4, -0.2) is 9.55 Å². The van der Waals surface area contributed by atoms with Crippen LogP contribution in [0.3, 0.4) is 0 Å². The van der Waals surface area contributed by atoms with Gasteiger partial charge < -0.3 is 10.3 Å². The molecule has 0 fully saturated rings. The van der Waals surface area contributed by atoms with Crippen LogP contribution < -0.4 is 5.73 Å². The van der Waals surface area contributed by atoms with E-state index in [4.69, 9.17) is 10.7 Å². The van der Waals surface area contributed by atoms with Crippen molar-refractivity contribution in [1.82, 2.24) is 9.55 Å². The summed E-state index contributed by atoms with van der Waals surface area (Å²) in [5, 5.41) is 0. The summed E-state index contributed by atoms with van der Waals surface area (Å²) in [4.78, 5) is 4.71. The number of anilines is 1. The van der Waals surface area contributed by atoms with Crippen LogP contribution in [0, 0.1) is 0 Å². The van der Waals surface area contributed by atoms with Crippen molar-refractivity contribution in [2.45, 2.75) is 13.3 Å². The number of aryl methyl sites for hydroxylation is 2. The lowest BCUT2D eigenvalue weighted by Gasteiger charge is -2.03. The topological polar surface area (TPSA) is 43.8 Å². The fourth-order valence-electron chi connectivity index (χ4n) is 2.35. The molecule has 0 radical (unpaired) electrons. The fraction of sp³-hybridized carbons (Fsp3) is 0.188. The highest BCUT2D eigenvalue weighted by atomic mass is 15.1. The molecule has 3 aromatic rings. The number of nitrogen functional groups attached to an aromatic ring is 1. The number of aromatic nitrogens is 2. The number of fused-ring (bicyclic) bond motifs is 1. The Morgan fingerprint density at radius 3 is 2.53 bits per heavy atom. The highest BCUT2D eigenvalue weighted by molar-refractivity contribution is 5.81. The van der Waals surface area contributed by atoms with Gasteiger partial charge in [0.2, 0.25) is 0 Å². The van der Waals surface area contributed by atoms with Crippen molar-refractivity contribution >= 4 is 16.7 Å². The van der Waals surface area contributed by atoms with Crippen molar-refractivity contribution in [3.63, 3.8) is 0 Å². The number of rotatable bonds is 2. The fourth-order valence-corrected chi connectivity index (χ4v) is 2.35. The Kier molecular flexibility index (Phi) is 2.75. The number of hydrogen-bond donors (Lipinski definition) is 1. The summed E-state index contributed by atoms with van der Waals surface area (Å²) < 4.78 is 2.14. The Bertz CT molecular complexity index is 724. The van der Waals surface area contributed by atoms with Crippen LogP contribution in [0.25, 0.3) is 22.4 Å². The zero-order valence-electron chi connectivity index (χ0n) is 11.2. The van der Waals surface area contributed by atoms with Gasteiger partial charge in [-0.15, -0.1) is 0 Å². The zero-order chi connectivity index (χ0) is 13.4. The first-order valence-corrected chi connectivity index (χ1v) is 6.50. The number of hydrogen-bond acceptors (Lipinski definition) is 2. The lowest BCUT2D eigenvalue weighted by molar-refractivity contribution is 0.957.